The van der Waals surface area contributed by atoms with Gasteiger partial charge >= 0.3 is 6.09 Å². The quantitative estimate of drug-likeness (QED) is 0.122. The van der Waals surface area contributed by atoms with Crippen molar-refractivity contribution in [3.8, 4) is 22.6 Å². The van der Waals surface area contributed by atoms with Crippen LogP contribution < -0.4 is 5.32 Å². The molecule has 0 aliphatic carbocycles. The van der Waals surface area contributed by atoms with Gasteiger partial charge in [-0.2, -0.15) is 5.10 Å². The lowest BCUT2D eigenvalue weighted by Gasteiger charge is -2.42. The van der Waals surface area contributed by atoms with Gasteiger partial charge in [-0.15, -0.1) is 0 Å². The van der Waals surface area contributed by atoms with E-state index in [1.54, 1.807) is 6.20 Å². The van der Waals surface area contributed by atoms with E-state index in [1.165, 1.54) is 0 Å². The average molecular weight is 721 g/mol. The molecule has 6 rings (SSSR count). The van der Waals surface area contributed by atoms with Crippen LogP contribution in [0.3, 0.4) is 0 Å². The van der Waals surface area contributed by atoms with Crippen LogP contribution in [0.2, 0.25) is 0 Å². The second-order valence-electron chi connectivity index (χ2n) is 15.7. The summed E-state index contributed by atoms with van der Waals surface area (Å²) in [5, 5.41) is 18.4. The largest absolute Gasteiger partial charge is 0.465 e. The van der Waals surface area contributed by atoms with Gasteiger partial charge in [0.1, 0.15) is 11.4 Å². The Morgan fingerprint density at radius 1 is 1.04 bits per heavy atom. The second-order valence-corrected chi connectivity index (χ2v) is 15.7. The first-order chi connectivity index (χ1) is 25.2. The number of rotatable bonds is 12. The summed E-state index contributed by atoms with van der Waals surface area (Å²) in [6, 6.07) is 16.2. The molecule has 2 aromatic carbocycles. The summed E-state index contributed by atoms with van der Waals surface area (Å²) in [5.41, 5.74) is 5.76. The highest BCUT2D eigenvalue weighted by Crippen LogP contribution is 2.38. The zero-order chi connectivity index (χ0) is 37.9. The fourth-order valence-electron chi connectivity index (χ4n) is 6.87. The zero-order valence-electron chi connectivity index (χ0n) is 31.9. The van der Waals surface area contributed by atoms with E-state index in [1.807, 2.05) is 94.1 Å². The van der Waals surface area contributed by atoms with Gasteiger partial charge in [-0.05, 0) is 93.4 Å². The molecule has 1 aliphatic heterocycles. The zero-order valence-corrected chi connectivity index (χ0v) is 31.9. The van der Waals surface area contributed by atoms with E-state index in [0.29, 0.717) is 43.3 Å². The molecule has 12 heteroatoms. The highest BCUT2D eigenvalue weighted by molar-refractivity contribution is 5.97. The number of benzene rings is 2. The van der Waals surface area contributed by atoms with E-state index in [0.717, 1.165) is 64.5 Å². The molecule has 1 aliphatic rings. The van der Waals surface area contributed by atoms with Gasteiger partial charge in [0.05, 0.1) is 11.7 Å². The summed E-state index contributed by atoms with van der Waals surface area (Å²) in [6.45, 7) is 12.6. The number of H-pyrrole nitrogens is 1. The van der Waals surface area contributed by atoms with Gasteiger partial charge in [0.25, 0.3) is 5.91 Å². The number of aromatic amines is 1. The number of nitrogens with one attached hydrogen (secondary N) is 2. The van der Waals surface area contributed by atoms with E-state index >= 15 is 0 Å². The number of carbonyl (C=O) groups excluding carboxylic acids is 1. The summed E-state index contributed by atoms with van der Waals surface area (Å²) < 4.78 is 8.15. The predicted octanol–water partition coefficient (Wildman–Crippen LogP) is 7.31. The van der Waals surface area contributed by atoms with E-state index in [4.69, 9.17) is 14.8 Å². The number of hydrogen-bond acceptors (Lipinski definition) is 7. The van der Waals surface area contributed by atoms with Crippen molar-refractivity contribution in [2.45, 2.75) is 78.6 Å². The fourth-order valence-corrected chi connectivity index (χ4v) is 6.87. The number of hydrogen-bond donors (Lipinski definition) is 3. The van der Waals surface area contributed by atoms with Crippen LogP contribution >= 0.6 is 0 Å². The summed E-state index contributed by atoms with van der Waals surface area (Å²) in [5.74, 6) is 0.370. The molecule has 280 valence electrons. The first-order valence-electron chi connectivity index (χ1n) is 18.4. The second kappa shape index (κ2) is 15.5. The maximum Gasteiger partial charge on any atom is 0.405 e. The van der Waals surface area contributed by atoms with Crippen molar-refractivity contribution < 1.29 is 19.4 Å². The number of nitrogens with zero attached hydrogens (tertiary/aromatic N) is 6. The van der Waals surface area contributed by atoms with E-state index in [9.17, 15) is 14.7 Å². The number of carbonyl (C=O) groups is 2. The highest BCUT2D eigenvalue weighted by Gasteiger charge is 2.39. The van der Waals surface area contributed by atoms with Crippen molar-refractivity contribution in [1.29, 1.82) is 0 Å². The Labute approximate surface area is 311 Å². The summed E-state index contributed by atoms with van der Waals surface area (Å²) in [6.07, 6.45) is 7.40. The Kier molecular flexibility index (Phi) is 11.0. The number of ether oxygens (including phenoxy) is 1. The number of carboxylic acid groups (broad SMARTS) is 1. The minimum absolute atomic E-state index is 0.132. The molecule has 0 radical (unpaired) electrons. The average Bonchev–Trinajstić information content (AvgIpc) is 3.76. The summed E-state index contributed by atoms with van der Waals surface area (Å²) in [7, 11) is 4.00. The van der Waals surface area contributed by atoms with Crippen molar-refractivity contribution in [2.75, 3.05) is 33.8 Å². The van der Waals surface area contributed by atoms with Gasteiger partial charge in [-0.3, -0.25) is 9.78 Å². The first-order valence-corrected chi connectivity index (χ1v) is 18.4. The molecule has 53 heavy (non-hydrogen) atoms. The fraction of sp³-hybridized carbons (Fsp3) is 0.439. The Balaban J connectivity index is 1.39. The van der Waals surface area contributed by atoms with Crippen molar-refractivity contribution >= 4 is 22.9 Å². The van der Waals surface area contributed by atoms with Crippen LogP contribution in [0.25, 0.3) is 33.5 Å². The molecule has 2 amide bonds. The molecule has 2 unspecified atom stereocenters. The van der Waals surface area contributed by atoms with Gasteiger partial charge in [-0.1, -0.05) is 57.2 Å². The molecule has 1 fully saturated rings. The van der Waals surface area contributed by atoms with Crippen molar-refractivity contribution in [3.63, 3.8) is 0 Å². The number of fused-ring (bicyclic) bond motifs is 1. The maximum atomic E-state index is 14.0. The van der Waals surface area contributed by atoms with E-state index in [-0.39, 0.29) is 17.6 Å². The van der Waals surface area contributed by atoms with Gasteiger partial charge in [-0.25, -0.2) is 14.5 Å². The van der Waals surface area contributed by atoms with E-state index < -0.39 is 11.6 Å². The molecule has 3 aromatic heterocycles. The normalized spacial score (nSPS) is 16.1. The lowest BCUT2D eigenvalue weighted by atomic mass is 9.71. The number of likely N-dealkylation sites (N-methyl/N-ethyl adjacent to an activating group) is 1. The smallest absolute Gasteiger partial charge is 0.405 e. The SMILES string of the molecule is Cc1c(CC(C)(NC(=O)O)C(C)(C)C)cncc1-c1ccc2c(c1)c(-c1ncc(C(=O)N(CCN(C)C)Cc3ccccc3)[nH]1)nn2C1CCCCO1. The Morgan fingerprint density at radius 2 is 1.81 bits per heavy atom. The molecule has 1 saturated heterocycles. The minimum atomic E-state index is -1.05. The Morgan fingerprint density at radius 3 is 2.49 bits per heavy atom. The Hall–Kier alpha value is -5.07. The van der Waals surface area contributed by atoms with Crippen molar-refractivity contribution in [2.24, 2.45) is 5.41 Å². The molecule has 0 bridgehead atoms. The first kappa shape index (κ1) is 37.7. The third-order valence-electron chi connectivity index (χ3n) is 10.7. The predicted molar refractivity (Wildman–Crippen MR) is 207 cm³/mol. The third kappa shape index (κ3) is 8.29. The van der Waals surface area contributed by atoms with Crippen molar-refractivity contribution in [1.82, 2.24) is 39.8 Å². The van der Waals surface area contributed by atoms with Crippen LogP contribution in [0, 0.1) is 12.3 Å². The van der Waals surface area contributed by atoms with E-state index in [2.05, 4.69) is 45.3 Å². The standard InChI is InChI=1S/C41H52N8O4/c1-27-30(22-41(5,40(2,3)4)45-39(51)52)23-42-24-32(27)29-16-17-34-31(21-29)36(46-49(34)35-15-11-12-20-53-35)37-43-25-33(44-37)38(50)48(19-18-47(6)7)26-28-13-9-8-10-14-28/h8-10,13-14,16-17,21,23-25,35,45H,11-12,15,18-20,22,26H2,1-7H3,(H,43,44)(H,51,52). The monoisotopic (exact) mass is 720 g/mol. The van der Waals surface area contributed by atoms with Gasteiger partial charge in [0.2, 0.25) is 0 Å². The van der Waals surface area contributed by atoms with Gasteiger partial charge in [0.15, 0.2) is 12.1 Å². The third-order valence-corrected chi connectivity index (χ3v) is 10.7. The minimum Gasteiger partial charge on any atom is -0.465 e. The molecule has 12 nitrogen and oxygen atoms in total. The number of imidazole rings is 1. The highest BCUT2D eigenvalue weighted by atomic mass is 16.5. The van der Waals surface area contributed by atoms with Gasteiger partial charge < -0.3 is 29.9 Å². The topological polar surface area (TPSA) is 141 Å². The number of amides is 2. The molecule has 0 saturated carbocycles. The van der Waals surface area contributed by atoms with Crippen molar-refractivity contribution in [3.05, 3.63) is 89.5 Å². The molecular weight excluding hydrogens is 669 g/mol. The van der Waals surface area contributed by atoms with Crippen LogP contribution in [-0.4, -0.2) is 91.0 Å². The number of aromatic nitrogens is 5. The maximum absolute atomic E-state index is 14.0. The number of pyridine rings is 1. The molecule has 4 heterocycles. The lowest BCUT2D eigenvalue weighted by molar-refractivity contribution is -0.0365. The van der Waals surface area contributed by atoms with Crippen LogP contribution in [0.5, 0.6) is 0 Å². The Bertz CT molecular complexity index is 2060. The molecule has 2 atom stereocenters. The molecule has 0 spiro atoms. The van der Waals surface area contributed by atoms with Gasteiger partial charge in [0, 0.05) is 55.1 Å². The molecule has 3 N–H and O–H groups in total. The van der Waals surface area contributed by atoms with Crippen LogP contribution in [0.1, 0.15) is 80.4 Å². The summed E-state index contributed by atoms with van der Waals surface area (Å²) in [4.78, 5) is 42.4. The molecule has 5 aromatic rings. The van der Waals surface area contributed by atoms with Crippen LogP contribution in [0.15, 0.2) is 67.1 Å². The lowest BCUT2D eigenvalue weighted by Crippen LogP contribution is -2.56. The van der Waals surface area contributed by atoms with Crippen LogP contribution in [-0.2, 0) is 17.7 Å². The molecular formula is C41H52N8O4. The summed E-state index contributed by atoms with van der Waals surface area (Å²) >= 11 is 0. The van der Waals surface area contributed by atoms with Crippen LogP contribution in [0.4, 0.5) is 4.79 Å².